The molecule has 6 heteroatoms. The molecule has 0 aliphatic carbocycles. The Morgan fingerprint density at radius 2 is 2.10 bits per heavy atom. The third-order valence-electron chi connectivity index (χ3n) is 3.40. The molecule has 1 aliphatic heterocycles. The summed E-state index contributed by atoms with van der Waals surface area (Å²) in [7, 11) is 1.27. The number of carbonyl (C=O) groups excluding carboxylic acids is 2. The molecule has 1 saturated heterocycles. The largest absolute Gasteiger partial charge is 0.478 e. The molecule has 106 valence electrons. The van der Waals surface area contributed by atoms with E-state index in [1.54, 1.807) is 19.1 Å². The molecule has 2 rings (SSSR count). The number of rotatable bonds is 3. The monoisotopic (exact) mass is 277 g/mol. The van der Waals surface area contributed by atoms with E-state index in [0.29, 0.717) is 11.3 Å². The van der Waals surface area contributed by atoms with Crippen LogP contribution in [0, 0.1) is 12.8 Å². The number of hydrogen-bond donors (Lipinski definition) is 1. The number of carboxylic acids is 1. The molecule has 1 heterocycles. The van der Waals surface area contributed by atoms with Crippen LogP contribution in [0.25, 0.3) is 0 Å². The van der Waals surface area contributed by atoms with Crippen LogP contribution in [0.1, 0.15) is 22.3 Å². The second-order valence-corrected chi connectivity index (χ2v) is 4.70. The highest BCUT2D eigenvalue weighted by molar-refractivity contribution is 6.05. The molecule has 0 bridgehead atoms. The Hall–Kier alpha value is -2.37. The SMILES string of the molecule is COC(=O)C1CC(=O)N(c2c(C)cccc2C(=O)O)C1. The van der Waals surface area contributed by atoms with Crippen LogP contribution < -0.4 is 4.90 Å². The van der Waals surface area contributed by atoms with E-state index in [1.165, 1.54) is 18.1 Å². The molecule has 1 fully saturated rings. The first kappa shape index (κ1) is 14.0. The molecule has 0 radical (unpaired) electrons. The zero-order valence-corrected chi connectivity index (χ0v) is 11.3. The van der Waals surface area contributed by atoms with Crippen molar-refractivity contribution in [1.82, 2.24) is 0 Å². The van der Waals surface area contributed by atoms with Gasteiger partial charge in [0.15, 0.2) is 0 Å². The number of nitrogens with zero attached hydrogens (tertiary/aromatic N) is 1. The Kier molecular flexibility index (Phi) is 3.74. The van der Waals surface area contributed by atoms with Crippen molar-refractivity contribution in [2.45, 2.75) is 13.3 Å². The molecular weight excluding hydrogens is 262 g/mol. The van der Waals surface area contributed by atoms with Crippen LogP contribution in [-0.2, 0) is 14.3 Å². The average Bonchev–Trinajstić information content (AvgIpc) is 2.79. The number of carboxylic acid groups (broad SMARTS) is 1. The van der Waals surface area contributed by atoms with Crippen molar-refractivity contribution in [3.8, 4) is 0 Å². The average molecular weight is 277 g/mol. The number of para-hydroxylation sites is 1. The first-order chi connectivity index (χ1) is 9.45. The maximum absolute atomic E-state index is 12.1. The number of hydrogen-bond acceptors (Lipinski definition) is 4. The fraction of sp³-hybridized carbons (Fsp3) is 0.357. The van der Waals surface area contributed by atoms with E-state index < -0.39 is 17.9 Å². The lowest BCUT2D eigenvalue weighted by molar-refractivity contribution is -0.145. The zero-order chi connectivity index (χ0) is 14.9. The summed E-state index contributed by atoms with van der Waals surface area (Å²) in [5, 5.41) is 9.23. The van der Waals surface area contributed by atoms with Gasteiger partial charge in [-0.2, -0.15) is 0 Å². The van der Waals surface area contributed by atoms with E-state index in [4.69, 9.17) is 0 Å². The lowest BCUT2D eigenvalue weighted by atomic mass is 10.1. The summed E-state index contributed by atoms with van der Waals surface area (Å²) in [6.07, 6.45) is 0.0417. The molecule has 1 aliphatic rings. The van der Waals surface area contributed by atoms with E-state index >= 15 is 0 Å². The number of esters is 1. The Bertz CT molecular complexity index is 581. The standard InChI is InChI=1S/C14H15NO5/c1-8-4-3-5-10(13(17)18)12(8)15-7-9(6-11(15)16)14(19)20-2/h3-5,9H,6-7H2,1-2H3,(H,17,18). The van der Waals surface area contributed by atoms with E-state index in [0.717, 1.165) is 0 Å². The Balaban J connectivity index is 2.40. The molecule has 1 N–H and O–H groups in total. The highest BCUT2D eigenvalue weighted by atomic mass is 16.5. The highest BCUT2D eigenvalue weighted by Crippen LogP contribution is 2.31. The van der Waals surface area contributed by atoms with Gasteiger partial charge in [-0.05, 0) is 18.6 Å². The maximum Gasteiger partial charge on any atom is 0.337 e. The number of benzene rings is 1. The number of aryl methyl sites for hydroxylation is 1. The van der Waals surface area contributed by atoms with E-state index in [-0.39, 0.29) is 24.4 Å². The van der Waals surface area contributed by atoms with Gasteiger partial charge >= 0.3 is 11.9 Å². The van der Waals surface area contributed by atoms with Gasteiger partial charge in [-0.1, -0.05) is 12.1 Å². The fourth-order valence-corrected chi connectivity index (χ4v) is 2.44. The van der Waals surface area contributed by atoms with Gasteiger partial charge < -0.3 is 14.7 Å². The normalized spacial score (nSPS) is 18.2. The van der Waals surface area contributed by atoms with Crippen LogP contribution in [0.15, 0.2) is 18.2 Å². The molecule has 1 aromatic carbocycles. The summed E-state index contributed by atoms with van der Waals surface area (Å²) in [5.74, 6) is -2.37. The predicted molar refractivity (Wildman–Crippen MR) is 70.6 cm³/mol. The van der Waals surface area contributed by atoms with Crippen molar-refractivity contribution in [1.29, 1.82) is 0 Å². The minimum atomic E-state index is -1.10. The third-order valence-corrected chi connectivity index (χ3v) is 3.40. The van der Waals surface area contributed by atoms with Gasteiger partial charge in [0.05, 0.1) is 24.3 Å². The van der Waals surface area contributed by atoms with Crippen molar-refractivity contribution in [2.24, 2.45) is 5.92 Å². The Morgan fingerprint density at radius 1 is 1.40 bits per heavy atom. The lowest BCUT2D eigenvalue weighted by Crippen LogP contribution is -2.28. The second kappa shape index (κ2) is 5.32. The van der Waals surface area contributed by atoms with Crippen molar-refractivity contribution in [2.75, 3.05) is 18.6 Å². The molecule has 20 heavy (non-hydrogen) atoms. The summed E-state index contributed by atoms with van der Waals surface area (Å²) in [5.41, 5.74) is 1.10. The molecule has 1 atom stereocenters. The quantitative estimate of drug-likeness (QED) is 0.840. The maximum atomic E-state index is 12.1. The summed E-state index contributed by atoms with van der Waals surface area (Å²) in [6, 6.07) is 4.81. The number of methoxy groups -OCH3 is 1. The summed E-state index contributed by atoms with van der Waals surface area (Å²) in [6.45, 7) is 1.89. The number of anilines is 1. The number of aromatic carboxylic acids is 1. The van der Waals surface area contributed by atoms with E-state index in [9.17, 15) is 19.5 Å². The minimum absolute atomic E-state index is 0.0417. The first-order valence-electron chi connectivity index (χ1n) is 6.16. The van der Waals surface area contributed by atoms with Gasteiger partial charge in [0.1, 0.15) is 0 Å². The summed E-state index contributed by atoms with van der Waals surface area (Å²) in [4.78, 5) is 36.2. The van der Waals surface area contributed by atoms with Crippen LogP contribution in [-0.4, -0.2) is 36.6 Å². The van der Waals surface area contributed by atoms with Crippen LogP contribution in [0.3, 0.4) is 0 Å². The number of amides is 1. The molecule has 6 nitrogen and oxygen atoms in total. The number of ether oxygens (including phenoxy) is 1. The summed E-state index contributed by atoms with van der Waals surface area (Å²) < 4.78 is 4.64. The molecule has 1 amide bonds. The molecule has 0 saturated carbocycles. The van der Waals surface area contributed by atoms with Crippen molar-refractivity contribution < 1.29 is 24.2 Å². The van der Waals surface area contributed by atoms with Crippen molar-refractivity contribution in [3.63, 3.8) is 0 Å². The highest BCUT2D eigenvalue weighted by Gasteiger charge is 2.37. The number of carbonyl (C=O) groups is 3. The molecule has 0 aromatic heterocycles. The third kappa shape index (κ3) is 2.36. The second-order valence-electron chi connectivity index (χ2n) is 4.70. The predicted octanol–water partition coefficient (Wildman–Crippen LogP) is 1.22. The van der Waals surface area contributed by atoms with Gasteiger partial charge in [0.2, 0.25) is 5.91 Å². The Labute approximate surface area is 115 Å². The smallest absolute Gasteiger partial charge is 0.337 e. The molecule has 1 aromatic rings. The Morgan fingerprint density at radius 3 is 2.70 bits per heavy atom. The van der Waals surface area contributed by atoms with Gasteiger partial charge in [0, 0.05) is 13.0 Å². The van der Waals surface area contributed by atoms with Gasteiger partial charge in [-0.3, -0.25) is 9.59 Å². The van der Waals surface area contributed by atoms with Crippen LogP contribution in [0.2, 0.25) is 0 Å². The first-order valence-corrected chi connectivity index (χ1v) is 6.16. The molecular formula is C14H15NO5. The van der Waals surface area contributed by atoms with E-state index in [2.05, 4.69) is 4.74 Å². The van der Waals surface area contributed by atoms with Crippen LogP contribution in [0.4, 0.5) is 5.69 Å². The summed E-state index contributed by atoms with van der Waals surface area (Å²) >= 11 is 0. The van der Waals surface area contributed by atoms with Crippen molar-refractivity contribution >= 4 is 23.5 Å². The van der Waals surface area contributed by atoms with Crippen LogP contribution >= 0.6 is 0 Å². The molecule has 0 spiro atoms. The van der Waals surface area contributed by atoms with Crippen molar-refractivity contribution in [3.05, 3.63) is 29.3 Å². The topological polar surface area (TPSA) is 83.9 Å². The molecule has 1 unspecified atom stereocenters. The minimum Gasteiger partial charge on any atom is -0.478 e. The van der Waals surface area contributed by atoms with Gasteiger partial charge in [0.25, 0.3) is 0 Å². The zero-order valence-electron chi connectivity index (χ0n) is 11.3. The van der Waals surface area contributed by atoms with Gasteiger partial charge in [-0.25, -0.2) is 4.79 Å². The van der Waals surface area contributed by atoms with Crippen LogP contribution in [0.5, 0.6) is 0 Å². The lowest BCUT2D eigenvalue weighted by Gasteiger charge is -2.21. The van der Waals surface area contributed by atoms with E-state index in [1.807, 2.05) is 0 Å². The fourth-order valence-electron chi connectivity index (χ4n) is 2.44. The van der Waals surface area contributed by atoms with Gasteiger partial charge in [-0.15, -0.1) is 0 Å².